The number of nitrogens with one attached hydrogen (secondary N) is 2. The molecule has 1 saturated heterocycles. The molecule has 1 aromatic carbocycles. The molecule has 0 spiro atoms. The second-order valence-electron chi connectivity index (χ2n) is 7.46. The second-order valence-corrected chi connectivity index (χ2v) is 7.46. The maximum atomic E-state index is 12.6. The zero-order valence-electron chi connectivity index (χ0n) is 18.3. The molecule has 1 fully saturated rings. The van der Waals surface area contributed by atoms with Crippen LogP contribution >= 0.6 is 24.0 Å². The van der Waals surface area contributed by atoms with Gasteiger partial charge >= 0.3 is 6.61 Å². The van der Waals surface area contributed by atoms with Gasteiger partial charge in [0, 0.05) is 44.8 Å². The fourth-order valence-electron chi connectivity index (χ4n) is 3.29. The summed E-state index contributed by atoms with van der Waals surface area (Å²) in [6.07, 6.45) is 2.20. The van der Waals surface area contributed by atoms with Crippen LogP contribution in [0.5, 0.6) is 5.75 Å². The van der Waals surface area contributed by atoms with E-state index < -0.39 is 6.61 Å². The zero-order valence-corrected chi connectivity index (χ0v) is 20.6. The van der Waals surface area contributed by atoms with E-state index in [0.29, 0.717) is 11.5 Å². The number of likely N-dealkylation sites (N-methyl/N-ethyl adjacent to an activating group) is 1. The van der Waals surface area contributed by atoms with Crippen molar-refractivity contribution in [3.8, 4) is 5.75 Å². The number of aryl methyl sites for hydroxylation is 1. The first-order valence-electron chi connectivity index (χ1n) is 10.5. The number of rotatable bonds is 10. The van der Waals surface area contributed by atoms with E-state index in [-0.39, 0.29) is 36.3 Å². The maximum absolute atomic E-state index is 12.6. The van der Waals surface area contributed by atoms with E-state index >= 15 is 0 Å². The molecule has 2 N–H and O–H groups in total. The van der Waals surface area contributed by atoms with E-state index in [9.17, 15) is 8.78 Å². The summed E-state index contributed by atoms with van der Waals surface area (Å²) < 4.78 is 29.9. The first-order valence-corrected chi connectivity index (χ1v) is 10.5. The number of unbranched alkanes of at least 4 members (excludes halogenated alkanes) is 1. The van der Waals surface area contributed by atoms with Crippen molar-refractivity contribution in [2.75, 3.05) is 52.9 Å². The van der Waals surface area contributed by atoms with Crippen LogP contribution < -0.4 is 15.4 Å². The Labute approximate surface area is 196 Å². The minimum Gasteiger partial charge on any atom is -0.434 e. The molecule has 0 bridgehead atoms. The Morgan fingerprint density at radius 1 is 1.17 bits per heavy atom. The topological polar surface area (TPSA) is 52.1 Å². The average Bonchev–Trinajstić information content (AvgIpc) is 2.68. The van der Waals surface area contributed by atoms with Gasteiger partial charge in [-0.05, 0) is 46.3 Å². The summed E-state index contributed by atoms with van der Waals surface area (Å²) in [5.41, 5.74) is 1.64. The number of halogens is 3. The van der Waals surface area contributed by atoms with Crippen molar-refractivity contribution in [2.24, 2.45) is 4.99 Å². The monoisotopic (exact) mass is 539 g/mol. The number of hydrogen-bond acceptors (Lipinski definition) is 4. The number of hydrogen-bond donors (Lipinski definition) is 2. The van der Waals surface area contributed by atoms with E-state index in [1.807, 2.05) is 19.9 Å². The van der Waals surface area contributed by atoms with Gasteiger partial charge in [0.1, 0.15) is 5.75 Å². The van der Waals surface area contributed by atoms with E-state index in [1.165, 1.54) is 0 Å². The van der Waals surface area contributed by atoms with Crippen LogP contribution in [-0.4, -0.2) is 75.2 Å². The number of guanidine groups is 1. The smallest absolute Gasteiger partial charge is 0.387 e. The largest absolute Gasteiger partial charge is 0.434 e. The highest BCUT2D eigenvalue weighted by Gasteiger charge is 2.13. The predicted molar refractivity (Wildman–Crippen MR) is 129 cm³/mol. The Balaban J connectivity index is 0.00000450. The number of alkyl halides is 2. The van der Waals surface area contributed by atoms with Gasteiger partial charge in [-0.15, -0.1) is 24.0 Å². The first kappa shape index (κ1) is 26.8. The number of aliphatic imine (C=N–C) groups is 1. The molecule has 0 aliphatic carbocycles. The lowest BCUT2D eigenvalue weighted by molar-refractivity contribution is -0.0504. The summed E-state index contributed by atoms with van der Waals surface area (Å²) in [4.78, 5) is 9.42. The lowest BCUT2D eigenvalue weighted by Crippen LogP contribution is -2.44. The highest BCUT2D eigenvalue weighted by molar-refractivity contribution is 14.0. The molecule has 2 rings (SSSR count). The van der Waals surface area contributed by atoms with Crippen molar-refractivity contribution in [3.63, 3.8) is 0 Å². The SMILES string of the molecule is CCNC(=NCc1cc(C)ccc1OC(F)F)NCCCCN1CCN(C)CC1.I. The third kappa shape index (κ3) is 10.2. The summed E-state index contributed by atoms with van der Waals surface area (Å²) in [5, 5.41) is 6.54. The van der Waals surface area contributed by atoms with Crippen LogP contribution in [0.15, 0.2) is 23.2 Å². The van der Waals surface area contributed by atoms with Gasteiger partial charge < -0.3 is 25.2 Å². The number of benzene rings is 1. The molecule has 0 atom stereocenters. The van der Waals surface area contributed by atoms with Crippen molar-refractivity contribution < 1.29 is 13.5 Å². The zero-order chi connectivity index (χ0) is 21.1. The Morgan fingerprint density at radius 3 is 2.57 bits per heavy atom. The second kappa shape index (κ2) is 14.7. The van der Waals surface area contributed by atoms with Crippen molar-refractivity contribution in [2.45, 2.75) is 39.8 Å². The number of piperazine rings is 1. The molecule has 1 aromatic rings. The molecule has 1 aliphatic heterocycles. The predicted octanol–water partition coefficient (Wildman–Crippen LogP) is 3.30. The van der Waals surface area contributed by atoms with Crippen LogP contribution in [0, 0.1) is 6.92 Å². The first-order chi connectivity index (χ1) is 14.0. The minimum atomic E-state index is -2.84. The summed E-state index contributed by atoms with van der Waals surface area (Å²) in [7, 11) is 2.17. The number of nitrogens with zero attached hydrogens (tertiary/aromatic N) is 3. The summed E-state index contributed by atoms with van der Waals surface area (Å²) >= 11 is 0. The molecular formula is C21H36F2IN5O. The van der Waals surface area contributed by atoms with Gasteiger partial charge in [0.05, 0.1) is 6.54 Å². The van der Waals surface area contributed by atoms with Gasteiger partial charge in [0.25, 0.3) is 0 Å². The molecule has 6 nitrogen and oxygen atoms in total. The molecule has 0 unspecified atom stereocenters. The Kier molecular flexibility index (Phi) is 13.2. The van der Waals surface area contributed by atoms with E-state index in [4.69, 9.17) is 0 Å². The standard InChI is InChI=1S/C21H35F2N5O.HI/c1-4-24-21(25-9-5-6-10-28-13-11-27(3)12-14-28)26-16-18-15-17(2)7-8-19(18)29-20(22)23;/h7-8,15,20H,4-6,9-14,16H2,1-3H3,(H2,24,25,26);1H. The van der Waals surface area contributed by atoms with E-state index in [2.05, 4.69) is 37.2 Å². The molecule has 30 heavy (non-hydrogen) atoms. The van der Waals surface area contributed by atoms with Crippen LogP contribution in [-0.2, 0) is 6.54 Å². The summed E-state index contributed by atoms with van der Waals surface area (Å²) in [6, 6.07) is 5.17. The van der Waals surface area contributed by atoms with Crippen LogP contribution in [0.1, 0.15) is 30.9 Å². The third-order valence-corrected chi connectivity index (χ3v) is 4.97. The normalized spacial score (nSPS) is 15.7. The fourth-order valence-corrected chi connectivity index (χ4v) is 3.29. The van der Waals surface area contributed by atoms with Gasteiger partial charge in [0.2, 0.25) is 0 Å². The molecule has 0 radical (unpaired) electrons. The molecule has 9 heteroatoms. The number of ether oxygens (including phenoxy) is 1. The lowest BCUT2D eigenvalue weighted by atomic mass is 10.1. The molecule has 0 saturated carbocycles. The molecule has 1 aliphatic rings. The highest BCUT2D eigenvalue weighted by Crippen LogP contribution is 2.22. The molecule has 1 heterocycles. The van der Waals surface area contributed by atoms with Crippen molar-refractivity contribution >= 4 is 29.9 Å². The van der Waals surface area contributed by atoms with E-state index in [1.54, 1.807) is 12.1 Å². The Bertz CT molecular complexity index is 640. The molecule has 0 aromatic heterocycles. The van der Waals surface area contributed by atoms with Gasteiger partial charge in [-0.2, -0.15) is 8.78 Å². The quantitative estimate of drug-likeness (QED) is 0.207. The van der Waals surface area contributed by atoms with E-state index in [0.717, 1.165) is 64.2 Å². The fraction of sp³-hybridized carbons (Fsp3) is 0.667. The van der Waals surface area contributed by atoms with Gasteiger partial charge in [0.15, 0.2) is 5.96 Å². The van der Waals surface area contributed by atoms with Crippen LogP contribution in [0.3, 0.4) is 0 Å². The maximum Gasteiger partial charge on any atom is 0.387 e. The lowest BCUT2D eigenvalue weighted by Gasteiger charge is -2.32. The van der Waals surface area contributed by atoms with Crippen molar-refractivity contribution in [1.29, 1.82) is 0 Å². The molecular weight excluding hydrogens is 503 g/mol. The molecule has 172 valence electrons. The Morgan fingerprint density at radius 2 is 1.90 bits per heavy atom. The van der Waals surface area contributed by atoms with Gasteiger partial charge in [-0.3, -0.25) is 0 Å². The van der Waals surface area contributed by atoms with Crippen LogP contribution in [0.2, 0.25) is 0 Å². The summed E-state index contributed by atoms with van der Waals surface area (Å²) in [5.74, 6) is 0.869. The third-order valence-electron chi connectivity index (χ3n) is 4.97. The molecule has 0 amide bonds. The summed E-state index contributed by atoms with van der Waals surface area (Å²) in [6.45, 7) is 8.63. The highest BCUT2D eigenvalue weighted by atomic mass is 127. The average molecular weight is 539 g/mol. The van der Waals surface area contributed by atoms with Gasteiger partial charge in [-0.1, -0.05) is 17.7 Å². The van der Waals surface area contributed by atoms with Crippen molar-refractivity contribution in [1.82, 2.24) is 20.4 Å². The van der Waals surface area contributed by atoms with Crippen molar-refractivity contribution in [3.05, 3.63) is 29.3 Å². The van der Waals surface area contributed by atoms with Crippen LogP contribution in [0.25, 0.3) is 0 Å². The van der Waals surface area contributed by atoms with Gasteiger partial charge in [-0.25, -0.2) is 4.99 Å². The van der Waals surface area contributed by atoms with Crippen LogP contribution in [0.4, 0.5) is 8.78 Å². The minimum absolute atomic E-state index is 0. The Hall–Kier alpha value is -1.20.